The Kier molecular flexibility index (Phi) is 2.73. The molecule has 2 nitrogen and oxygen atoms in total. The summed E-state index contributed by atoms with van der Waals surface area (Å²) in [7, 11) is 0. The van der Waals surface area contributed by atoms with Gasteiger partial charge in [0, 0.05) is 11.3 Å². The van der Waals surface area contributed by atoms with E-state index < -0.39 is 0 Å². The molecule has 0 unspecified atom stereocenters. The molecule has 0 fully saturated rings. The van der Waals surface area contributed by atoms with Gasteiger partial charge >= 0.3 is 0 Å². The number of benzene rings is 2. The second-order valence-electron chi connectivity index (χ2n) is 3.73. The summed E-state index contributed by atoms with van der Waals surface area (Å²) in [4.78, 5) is 11.5. The van der Waals surface area contributed by atoms with E-state index in [0.29, 0.717) is 11.3 Å². The Balaban J connectivity index is 2.63. The van der Waals surface area contributed by atoms with Crippen molar-refractivity contribution in [1.29, 1.82) is 0 Å². The number of carbonyl (C=O) groups is 1. The Hall–Kier alpha value is -2.09. The number of anilines is 1. The molecule has 2 aromatic rings. The van der Waals surface area contributed by atoms with E-state index in [2.05, 4.69) is 0 Å². The van der Waals surface area contributed by atoms with Crippen LogP contribution in [0.2, 0.25) is 0 Å². The Morgan fingerprint density at radius 3 is 2.38 bits per heavy atom. The van der Waals surface area contributed by atoms with Crippen molar-refractivity contribution in [2.75, 3.05) is 5.73 Å². The van der Waals surface area contributed by atoms with Crippen LogP contribution in [0.15, 0.2) is 48.5 Å². The lowest BCUT2D eigenvalue weighted by molar-refractivity contribution is 0.101. The zero-order chi connectivity index (χ0) is 11.5. The summed E-state index contributed by atoms with van der Waals surface area (Å²) < 4.78 is 0. The maximum atomic E-state index is 11.5. The van der Waals surface area contributed by atoms with E-state index in [1.807, 2.05) is 36.4 Å². The SMILES string of the molecule is CC(=O)c1ccc(N)cc1-c1ccccc1. The van der Waals surface area contributed by atoms with Crippen LogP contribution in [0.3, 0.4) is 0 Å². The van der Waals surface area contributed by atoms with E-state index in [9.17, 15) is 4.79 Å². The Morgan fingerprint density at radius 2 is 1.75 bits per heavy atom. The van der Waals surface area contributed by atoms with E-state index in [0.717, 1.165) is 11.1 Å². The molecule has 0 spiro atoms. The maximum Gasteiger partial charge on any atom is 0.160 e. The molecule has 0 amide bonds. The minimum Gasteiger partial charge on any atom is -0.399 e. The van der Waals surface area contributed by atoms with Crippen molar-refractivity contribution < 1.29 is 4.79 Å². The van der Waals surface area contributed by atoms with Gasteiger partial charge in [0.1, 0.15) is 0 Å². The number of ketones is 1. The third-order valence-corrected chi connectivity index (χ3v) is 2.51. The fourth-order valence-electron chi connectivity index (χ4n) is 1.73. The van der Waals surface area contributed by atoms with E-state index in [-0.39, 0.29) is 5.78 Å². The first-order valence-electron chi connectivity index (χ1n) is 5.14. The van der Waals surface area contributed by atoms with E-state index in [1.54, 1.807) is 19.1 Å². The van der Waals surface area contributed by atoms with Crippen LogP contribution in [0.25, 0.3) is 11.1 Å². The summed E-state index contributed by atoms with van der Waals surface area (Å²) in [5.74, 6) is 0.0545. The van der Waals surface area contributed by atoms with Crippen molar-refractivity contribution in [1.82, 2.24) is 0 Å². The van der Waals surface area contributed by atoms with E-state index >= 15 is 0 Å². The third kappa shape index (κ3) is 1.96. The number of hydrogen-bond donors (Lipinski definition) is 1. The molecule has 0 aliphatic carbocycles. The third-order valence-electron chi connectivity index (χ3n) is 2.51. The van der Waals surface area contributed by atoms with Crippen LogP contribution in [0.4, 0.5) is 5.69 Å². The van der Waals surface area contributed by atoms with E-state index in [1.165, 1.54) is 0 Å². The molecule has 0 saturated heterocycles. The van der Waals surface area contributed by atoms with Gasteiger partial charge < -0.3 is 5.73 Å². The van der Waals surface area contributed by atoms with Gasteiger partial charge in [0.2, 0.25) is 0 Å². The number of Topliss-reactive ketones (excluding diaryl/α,β-unsaturated/α-hetero) is 1. The zero-order valence-corrected chi connectivity index (χ0v) is 9.10. The largest absolute Gasteiger partial charge is 0.399 e. The van der Waals surface area contributed by atoms with Crippen LogP contribution in [-0.4, -0.2) is 5.78 Å². The molecule has 0 heterocycles. The zero-order valence-electron chi connectivity index (χ0n) is 9.10. The first-order valence-corrected chi connectivity index (χ1v) is 5.14. The minimum absolute atomic E-state index is 0.0545. The predicted octanol–water partition coefficient (Wildman–Crippen LogP) is 3.14. The normalized spacial score (nSPS) is 10.1. The van der Waals surface area contributed by atoms with Crippen LogP contribution in [0, 0.1) is 0 Å². The molecule has 0 aromatic heterocycles. The molecule has 0 saturated carbocycles. The average Bonchev–Trinajstić information content (AvgIpc) is 2.29. The van der Waals surface area contributed by atoms with Crippen molar-refractivity contribution in [2.24, 2.45) is 0 Å². The maximum absolute atomic E-state index is 11.5. The van der Waals surface area contributed by atoms with Crippen molar-refractivity contribution in [2.45, 2.75) is 6.92 Å². The molecule has 2 N–H and O–H groups in total. The summed E-state index contributed by atoms with van der Waals surface area (Å²) in [5, 5.41) is 0. The number of nitrogens with two attached hydrogens (primary N) is 1. The minimum atomic E-state index is 0.0545. The summed E-state index contributed by atoms with van der Waals surface area (Å²) in [6, 6.07) is 15.2. The van der Waals surface area contributed by atoms with Crippen molar-refractivity contribution in [3.63, 3.8) is 0 Å². The topological polar surface area (TPSA) is 43.1 Å². The smallest absolute Gasteiger partial charge is 0.160 e. The molecule has 0 atom stereocenters. The van der Waals surface area contributed by atoms with Crippen molar-refractivity contribution >= 4 is 11.5 Å². The second kappa shape index (κ2) is 4.19. The molecule has 2 aromatic carbocycles. The summed E-state index contributed by atoms with van der Waals surface area (Å²) in [5.41, 5.74) is 9.04. The van der Waals surface area contributed by atoms with Gasteiger partial charge in [0.15, 0.2) is 5.78 Å². The summed E-state index contributed by atoms with van der Waals surface area (Å²) in [6.45, 7) is 1.57. The molecule has 0 radical (unpaired) electrons. The highest BCUT2D eigenvalue weighted by molar-refractivity contribution is 6.01. The van der Waals surface area contributed by atoms with Gasteiger partial charge in [-0.15, -0.1) is 0 Å². The molecular formula is C14H13NO. The van der Waals surface area contributed by atoms with Crippen LogP contribution in [0.1, 0.15) is 17.3 Å². The standard InChI is InChI=1S/C14H13NO/c1-10(16)13-8-7-12(15)9-14(13)11-5-3-2-4-6-11/h2-9H,15H2,1H3. The van der Waals surface area contributed by atoms with Crippen molar-refractivity contribution in [3.8, 4) is 11.1 Å². The second-order valence-corrected chi connectivity index (χ2v) is 3.73. The van der Waals surface area contributed by atoms with Crippen LogP contribution in [0.5, 0.6) is 0 Å². The molecule has 80 valence electrons. The Bertz CT molecular complexity index is 518. The van der Waals surface area contributed by atoms with E-state index in [4.69, 9.17) is 5.73 Å². The van der Waals surface area contributed by atoms with Gasteiger partial charge in [-0.3, -0.25) is 4.79 Å². The first kappa shape index (κ1) is 10.4. The fraction of sp³-hybridized carbons (Fsp3) is 0.0714. The van der Waals surface area contributed by atoms with Crippen molar-refractivity contribution in [3.05, 3.63) is 54.1 Å². The van der Waals surface area contributed by atoms with Gasteiger partial charge in [-0.05, 0) is 36.2 Å². The van der Waals surface area contributed by atoms with Crippen LogP contribution in [-0.2, 0) is 0 Å². The van der Waals surface area contributed by atoms with Crippen LogP contribution < -0.4 is 5.73 Å². The van der Waals surface area contributed by atoms with Crippen LogP contribution >= 0.6 is 0 Å². The Morgan fingerprint density at radius 1 is 1.06 bits per heavy atom. The van der Waals surface area contributed by atoms with Gasteiger partial charge in [0.25, 0.3) is 0 Å². The number of carbonyl (C=O) groups excluding carboxylic acids is 1. The highest BCUT2D eigenvalue weighted by atomic mass is 16.1. The van der Waals surface area contributed by atoms with Gasteiger partial charge in [-0.2, -0.15) is 0 Å². The molecule has 2 rings (SSSR count). The summed E-state index contributed by atoms with van der Waals surface area (Å²) >= 11 is 0. The molecule has 16 heavy (non-hydrogen) atoms. The number of rotatable bonds is 2. The fourth-order valence-corrected chi connectivity index (χ4v) is 1.73. The molecular weight excluding hydrogens is 198 g/mol. The summed E-state index contributed by atoms with van der Waals surface area (Å²) in [6.07, 6.45) is 0. The predicted molar refractivity (Wildman–Crippen MR) is 66.3 cm³/mol. The van der Waals surface area contributed by atoms with Gasteiger partial charge in [-0.1, -0.05) is 30.3 Å². The highest BCUT2D eigenvalue weighted by Crippen LogP contribution is 2.26. The highest BCUT2D eigenvalue weighted by Gasteiger charge is 2.08. The lowest BCUT2D eigenvalue weighted by atomic mass is 9.97. The van der Waals surface area contributed by atoms with Gasteiger partial charge in [-0.25, -0.2) is 0 Å². The number of hydrogen-bond acceptors (Lipinski definition) is 2. The quantitative estimate of drug-likeness (QED) is 0.612. The number of nitrogen functional groups attached to an aromatic ring is 1. The Labute approximate surface area is 94.7 Å². The molecule has 2 heteroatoms. The van der Waals surface area contributed by atoms with Gasteiger partial charge in [0.05, 0.1) is 0 Å². The molecule has 0 aliphatic rings. The lowest BCUT2D eigenvalue weighted by Crippen LogP contribution is -1.97. The monoisotopic (exact) mass is 211 g/mol. The molecule has 0 bridgehead atoms. The average molecular weight is 211 g/mol. The first-order chi connectivity index (χ1) is 7.68. The molecule has 0 aliphatic heterocycles. The lowest BCUT2D eigenvalue weighted by Gasteiger charge is -2.08.